The fourth-order valence-corrected chi connectivity index (χ4v) is 3.08. The molecular weight excluding hydrogens is 316 g/mol. The molecule has 0 saturated heterocycles. The van der Waals surface area contributed by atoms with Gasteiger partial charge >= 0.3 is 5.97 Å². The molecule has 0 radical (unpaired) electrons. The number of benzene rings is 1. The summed E-state index contributed by atoms with van der Waals surface area (Å²) in [6.45, 7) is 7.98. The molecule has 0 bridgehead atoms. The number of hydrogen-bond acceptors (Lipinski definition) is 2. The third kappa shape index (κ3) is 4.10. The maximum atomic E-state index is 12.7. The van der Waals surface area contributed by atoms with Crippen LogP contribution in [0.15, 0.2) is 36.4 Å². The average molecular weight is 342 g/mol. The molecule has 0 spiro atoms. The highest BCUT2D eigenvalue weighted by molar-refractivity contribution is 5.98. The van der Waals surface area contributed by atoms with Gasteiger partial charge in [0.25, 0.3) is 5.91 Å². The highest BCUT2D eigenvalue weighted by Crippen LogP contribution is 2.20. The van der Waals surface area contributed by atoms with Gasteiger partial charge in [0.05, 0.1) is 5.56 Å². The average Bonchev–Trinajstić information content (AvgIpc) is 2.84. The van der Waals surface area contributed by atoms with Gasteiger partial charge in [-0.05, 0) is 38.8 Å². The van der Waals surface area contributed by atoms with Crippen LogP contribution in [-0.2, 0) is 11.3 Å². The number of aliphatic carboxylic acids is 1. The van der Waals surface area contributed by atoms with Crippen molar-refractivity contribution in [3.63, 3.8) is 0 Å². The van der Waals surface area contributed by atoms with Crippen molar-refractivity contribution in [2.24, 2.45) is 0 Å². The Morgan fingerprint density at radius 2 is 1.84 bits per heavy atom. The minimum absolute atomic E-state index is 0.342. The maximum Gasteiger partial charge on any atom is 0.329 e. The fourth-order valence-electron chi connectivity index (χ4n) is 3.08. The van der Waals surface area contributed by atoms with E-state index < -0.39 is 11.5 Å². The second-order valence-electron chi connectivity index (χ2n) is 6.70. The van der Waals surface area contributed by atoms with Crippen LogP contribution >= 0.6 is 0 Å². The van der Waals surface area contributed by atoms with E-state index in [1.807, 2.05) is 57.2 Å². The van der Waals surface area contributed by atoms with Crippen LogP contribution in [0.5, 0.6) is 0 Å². The summed E-state index contributed by atoms with van der Waals surface area (Å²) in [4.78, 5) is 24.2. The summed E-state index contributed by atoms with van der Waals surface area (Å²) < 4.78 is 2.07. The van der Waals surface area contributed by atoms with Gasteiger partial charge in [0.15, 0.2) is 0 Å². The molecule has 2 aromatic rings. The molecule has 1 unspecified atom stereocenters. The number of nitrogens with zero attached hydrogens (tertiary/aromatic N) is 1. The van der Waals surface area contributed by atoms with E-state index in [2.05, 4.69) is 9.88 Å². The molecule has 0 saturated carbocycles. The van der Waals surface area contributed by atoms with Crippen LogP contribution in [0.1, 0.15) is 54.0 Å². The van der Waals surface area contributed by atoms with E-state index in [4.69, 9.17) is 0 Å². The molecule has 2 rings (SSSR count). The van der Waals surface area contributed by atoms with Crippen LogP contribution in [-0.4, -0.2) is 27.1 Å². The lowest BCUT2D eigenvalue weighted by molar-refractivity contribution is -0.144. The number of aryl methyl sites for hydroxylation is 1. The van der Waals surface area contributed by atoms with Gasteiger partial charge in [-0.15, -0.1) is 0 Å². The zero-order chi connectivity index (χ0) is 18.6. The van der Waals surface area contributed by atoms with Gasteiger partial charge < -0.3 is 15.0 Å². The molecule has 1 heterocycles. The van der Waals surface area contributed by atoms with Crippen LogP contribution < -0.4 is 5.32 Å². The minimum Gasteiger partial charge on any atom is -0.480 e. The summed E-state index contributed by atoms with van der Waals surface area (Å²) in [5.74, 6) is -1.36. The van der Waals surface area contributed by atoms with Crippen molar-refractivity contribution in [1.29, 1.82) is 0 Å². The van der Waals surface area contributed by atoms with Crippen LogP contribution in [0.2, 0.25) is 0 Å². The first-order chi connectivity index (χ1) is 11.8. The Kier molecular flexibility index (Phi) is 5.67. The minimum atomic E-state index is -1.26. The molecular formula is C20H26N2O3. The number of carbonyl (C=O) groups excluding carboxylic acids is 1. The van der Waals surface area contributed by atoms with Crippen molar-refractivity contribution in [3.8, 4) is 0 Å². The maximum absolute atomic E-state index is 12.7. The third-order valence-corrected chi connectivity index (χ3v) is 4.61. The molecule has 0 aliphatic heterocycles. The van der Waals surface area contributed by atoms with Crippen molar-refractivity contribution >= 4 is 11.9 Å². The Bertz CT molecular complexity index is 765. The van der Waals surface area contributed by atoms with Gasteiger partial charge in [-0.1, -0.05) is 43.7 Å². The van der Waals surface area contributed by atoms with Crippen LogP contribution in [0.3, 0.4) is 0 Å². The number of hydrogen-bond donors (Lipinski definition) is 2. The number of carboxylic acids is 1. The molecule has 5 heteroatoms. The van der Waals surface area contributed by atoms with E-state index in [9.17, 15) is 14.7 Å². The number of rotatable bonds is 7. The zero-order valence-corrected chi connectivity index (χ0v) is 15.3. The van der Waals surface area contributed by atoms with Crippen molar-refractivity contribution < 1.29 is 14.7 Å². The number of nitrogens with one attached hydrogen (secondary N) is 1. The molecule has 1 atom stereocenters. The summed E-state index contributed by atoms with van der Waals surface area (Å²) in [5, 5.41) is 12.2. The molecule has 5 nitrogen and oxygen atoms in total. The Morgan fingerprint density at radius 1 is 1.20 bits per heavy atom. The lowest BCUT2D eigenvalue weighted by Crippen LogP contribution is -2.52. The van der Waals surface area contributed by atoms with E-state index in [1.54, 1.807) is 6.92 Å². The molecule has 1 aromatic heterocycles. The lowest BCUT2D eigenvalue weighted by atomic mass is 9.96. The Labute approximate surface area is 148 Å². The molecule has 25 heavy (non-hydrogen) atoms. The number of amides is 1. The van der Waals surface area contributed by atoms with Crippen LogP contribution in [0, 0.1) is 13.8 Å². The van der Waals surface area contributed by atoms with Crippen molar-refractivity contribution in [1.82, 2.24) is 9.88 Å². The van der Waals surface area contributed by atoms with Gasteiger partial charge in [-0.2, -0.15) is 0 Å². The Balaban J connectivity index is 2.27. The van der Waals surface area contributed by atoms with E-state index in [0.717, 1.165) is 17.0 Å². The summed E-state index contributed by atoms with van der Waals surface area (Å²) in [7, 11) is 0. The number of carboxylic acid groups (broad SMARTS) is 1. The predicted octanol–water partition coefficient (Wildman–Crippen LogP) is 3.53. The third-order valence-electron chi connectivity index (χ3n) is 4.61. The largest absolute Gasteiger partial charge is 0.480 e. The van der Waals surface area contributed by atoms with Crippen LogP contribution in [0.4, 0.5) is 0 Å². The first-order valence-corrected chi connectivity index (χ1v) is 8.55. The molecule has 0 aliphatic rings. The van der Waals surface area contributed by atoms with Gasteiger partial charge in [-0.3, -0.25) is 4.79 Å². The lowest BCUT2D eigenvalue weighted by Gasteiger charge is -2.25. The smallest absolute Gasteiger partial charge is 0.329 e. The Hall–Kier alpha value is -2.56. The van der Waals surface area contributed by atoms with Crippen molar-refractivity contribution in [3.05, 3.63) is 58.9 Å². The molecule has 134 valence electrons. The highest BCUT2D eigenvalue weighted by atomic mass is 16.4. The first-order valence-electron chi connectivity index (χ1n) is 8.55. The second-order valence-corrected chi connectivity index (χ2v) is 6.70. The fraction of sp³-hybridized carbons (Fsp3) is 0.400. The van der Waals surface area contributed by atoms with E-state index in [0.29, 0.717) is 24.9 Å². The highest BCUT2D eigenvalue weighted by Gasteiger charge is 2.34. The summed E-state index contributed by atoms with van der Waals surface area (Å²) in [6.07, 6.45) is 1.06. The SMILES string of the molecule is CCCC(C)(NC(=O)c1cc(C)n(Cc2ccccc2)c1C)C(=O)O. The summed E-state index contributed by atoms with van der Waals surface area (Å²) in [5.41, 5.74) is 2.23. The standard InChI is InChI=1S/C20H26N2O3/c1-5-11-20(4,19(24)25)21-18(23)17-12-14(2)22(15(17)3)13-16-9-7-6-8-10-16/h6-10,12H,5,11,13H2,1-4H3,(H,21,23)(H,24,25). The van der Waals surface area contributed by atoms with E-state index >= 15 is 0 Å². The van der Waals surface area contributed by atoms with Crippen molar-refractivity contribution in [2.75, 3.05) is 0 Å². The van der Waals surface area contributed by atoms with Gasteiger partial charge in [0, 0.05) is 17.9 Å². The summed E-state index contributed by atoms with van der Waals surface area (Å²) >= 11 is 0. The van der Waals surface area contributed by atoms with Crippen LogP contribution in [0.25, 0.3) is 0 Å². The van der Waals surface area contributed by atoms with Gasteiger partial charge in [-0.25, -0.2) is 4.79 Å². The predicted molar refractivity (Wildman–Crippen MR) is 97.9 cm³/mol. The molecule has 0 fully saturated rings. The number of aromatic nitrogens is 1. The summed E-state index contributed by atoms with van der Waals surface area (Å²) in [6, 6.07) is 11.9. The normalized spacial score (nSPS) is 13.3. The quantitative estimate of drug-likeness (QED) is 0.808. The number of carbonyl (C=O) groups is 2. The van der Waals surface area contributed by atoms with E-state index in [1.165, 1.54) is 0 Å². The molecule has 2 N–H and O–H groups in total. The first kappa shape index (κ1) is 18.8. The van der Waals surface area contributed by atoms with Crippen molar-refractivity contribution in [2.45, 2.75) is 52.6 Å². The zero-order valence-electron chi connectivity index (χ0n) is 15.3. The second kappa shape index (κ2) is 7.55. The molecule has 1 aromatic carbocycles. The Morgan fingerprint density at radius 3 is 2.40 bits per heavy atom. The van der Waals surface area contributed by atoms with Gasteiger partial charge in [0.1, 0.15) is 5.54 Å². The van der Waals surface area contributed by atoms with E-state index in [-0.39, 0.29) is 5.91 Å². The molecule has 0 aliphatic carbocycles. The monoisotopic (exact) mass is 342 g/mol. The topological polar surface area (TPSA) is 71.3 Å². The molecule has 1 amide bonds. The van der Waals surface area contributed by atoms with Gasteiger partial charge in [0.2, 0.25) is 0 Å².